The van der Waals surface area contributed by atoms with Crippen LogP contribution in [0.2, 0.25) is 0 Å². The van der Waals surface area contributed by atoms with Crippen molar-refractivity contribution in [1.29, 1.82) is 0 Å². The van der Waals surface area contributed by atoms with Gasteiger partial charge in [-0.25, -0.2) is 0 Å². The molecule has 0 aromatic heterocycles. The number of aliphatic carboxylic acids is 1. The maximum Gasteiger partial charge on any atom is 0.325 e. The summed E-state index contributed by atoms with van der Waals surface area (Å²) in [4.78, 5) is 36.9. The molecule has 1 aromatic rings. The first-order valence-electron chi connectivity index (χ1n) is 7.75. The molecule has 7 nitrogen and oxygen atoms in total. The predicted octanol–water partition coefficient (Wildman–Crippen LogP) is 1.48. The number of carbonyl (C=O) groups excluding carboxylic acids is 2. The van der Waals surface area contributed by atoms with Gasteiger partial charge in [0.05, 0.1) is 5.69 Å². The van der Waals surface area contributed by atoms with Crippen LogP contribution in [0.25, 0.3) is 0 Å². The Hall–Kier alpha value is -2.57. The molecule has 1 aliphatic heterocycles. The van der Waals surface area contributed by atoms with Crippen LogP contribution in [0.3, 0.4) is 0 Å². The van der Waals surface area contributed by atoms with Gasteiger partial charge in [0.2, 0.25) is 5.91 Å². The van der Waals surface area contributed by atoms with E-state index in [4.69, 9.17) is 9.84 Å². The van der Waals surface area contributed by atoms with E-state index in [-0.39, 0.29) is 18.9 Å². The number of ether oxygens (including phenoxy) is 1. The van der Waals surface area contributed by atoms with E-state index in [1.54, 1.807) is 19.9 Å². The summed E-state index contributed by atoms with van der Waals surface area (Å²) in [6, 6.07) is 4.56. The Morgan fingerprint density at radius 1 is 1.38 bits per heavy atom. The first-order valence-corrected chi connectivity index (χ1v) is 7.75. The van der Waals surface area contributed by atoms with Crippen LogP contribution < -0.4 is 15.0 Å². The first-order chi connectivity index (χ1) is 11.1. The molecule has 130 valence electrons. The Kier molecular flexibility index (Phi) is 4.82. The highest BCUT2D eigenvalue weighted by Crippen LogP contribution is 2.38. The number of nitrogens with zero attached hydrogens (tertiary/aromatic N) is 1. The van der Waals surface area contributed by atoms with Crippen LogP contribution in [0, 0.1) is 6.92 Å². The van der Waals surface area contributed by atoms with Gasteiger partial charge in [-0.15, -0.1) is 0 Å². The Morgan fingerprint density at radius 3 is 2.67 bits per heavy atom. The lowest BCUT2D eigenvalue weighted by Gasteiger charge is -2.39. The van der Waals surface area contributed by atoms with E-state index in [0.29, 0.717) is 11.4 Å². The Morgan fingerprint density at radius 2 is 2.04 bits per heavy atom. The summed E-state index contributed by atoms with van der Waals surface area (Å²) < 4.78 is 5.75. The third-order valence-corrected chi connectivity index (χ3v) is 3.84. The van der Waals surface area contributed by atoms with E-state index in [1.807, 2.05) is 19.1 Å². The molecular weight excluding hydrogens is 312 g/mol. The largest absolute Gasteiger partial charge is 0.480 e. The lowest BCUT2D eigenvalue weighted by Crippen LogP contribution is -2.53. The van der Waals surface area contributed by atoms with Gasteiger partial charge in [-0.05, 0) is 45.4 Å². The minimum absolute atomic E-state index is 0.00677. The monoisotopic (exact) mass is 334 g/mol. The zero-order valence-electron chi connectivity index (χ0n) is 14.3. The summed E-state index contributed by atoms with van der Waals surface area (Å²) in [7, 11) is 0. The number of hydrogen-bond donors (Lipinski definition) is 2. The Labute approximate surface area is 140 Å². The molecule has 0 saturated carbocycles. The first kappa shape index (κ1) is 17.8. The number of aryl methyl sites for hydroxylation is 1. The van der Waals surface area contributed by atoms with Crippen molar-refractivity contribution in [3.63, 3.8) is 0 Å². The van der Waals surface area contributed by atoms with Crippen molar-refractivity contribution < 1.29 is 24.2 Å². The van der Waals surface area contributed by atoms with Crippen molar-refractivity contribution in [2.24, 2.45) is 0 Å². The third-order valence-electron chi connectivity index (χ3n) is 3.84. The second kappa shape index (κ2) is 6.51. The zero-order valence-corrected chi connectivity index (χ0v) is 14.3. The standard InChI is InChI=1S/C17H22N2O5/c1-10-5-6-13-12(9-10)19(16(23)17(3,4)24-13)8-7-14(20)18-11(2)15(21)22/h5-6,9,11H,7-8H2,1-4H3,(H,18,20)(H,21,22). The number of nitrogens with one attached hydrogen (secondary N) is 1. The number of benzene rings is 1. The summed E-state index contributed by atoms with van der Waals surface area (Å²) in [6.07, 6.45) is 0.00677. The molecule has 0 saturated heterocycles. The van der Waals surface area contributed by atoms with Crippen LogP contribution in [-0.2, 0) is 14.4 Å². The van der Waals surface area contributed by atoms with Gasteiger partial charge in [0.1, 0.15) is 11.8 Å². The summed E-state index contributed by atoms with van der Waals surface area (Å²) >= 11 is 0. The van der Waals surface area contributed by atoms with Gasteiger partial charge in [0, 0.05) is 13.0 Å². The van der Waals surface area contributed by atoms with E-state index in [1.165, 1.54) is 11.8 Å². The number of fused-ring (bicyclic) bond motifs is 1. The SMILES string of the molecule is Cc1ccc2c(c1)N(CCC(=O)NC(C)C(=O)O)C(=O)C(C)(C)O2. The molecule has 1 heterocycles. The highest BCUT2D eigenvalue weighted by Gasteiger charge is 2.40. The number of carbonyl (C=O) groups is 3. The molecule has 2 amide bonds. The number of hydrogen-bond acceptors (Lipinski definition) is 4. The van der Waals surface area contributed by atoms with Gasteiger partial charge in [-0.3, -0.25) is 14.4 Å². The van der Waals surface area contributed by atoms with E-state index >= 15 is 0 Å². The quantitative estimate of drug-likeness (QED) is 0.850. The lowest BCUT2D eigenvalue weighted by atomic mass is 10.0. The smallest absolute Gasteiger partial charge is 0.325 e. The van der Waals surface area contributed by atoms with Crippen molar-refractivity contribution in [3.8, 4) is 5.75 Å². The average molecular weight is 334 g/mol. The molecule has 0 radical (unpaired) electrons. The summed E-state index contributed by atoms with van der Waals surface area (Å²) in [6.45, 7) is 6.81. The molecule has 0 aliphatic carbocycles. The average Bonchev–Trinajstić information content (AvgIpc) is 2.48. The fraction of sp³-hybridized carbons (Fsp3) is 0.471. The second-order valence-electron chi connectivity index (χ2n) is 6.42. The van der Waals surface area contributed by atoms with Crippen LogP contribution in [0.5, 0.6) is 5.75 Å². The van der Waals surface area contributed by atoms with Crippen LogP contribution >= 0.6 is 0 Å². The van der Waals surface area contributed by atoms with Crippen LogP contribution in [0.1, 0.15) is 32.8 Å². The van der Waals surface area contributed by atoms with Crippen molar-refractivity contribution >= 4 is 23.5 Å². The maximum atomic E-state index is 12.6. The fourth-order valence-electron chi connectivity index (χ4n) is 2.49. The number of carboxylic acids is 1. The molecule has 1 atom stereocenters. The fourth-order valence-corrected chi connectivity index (χ4v) is 2.49. The number of amides is 2. The molecule has 1 aliphatic rings. The normalized spacial score (nSPS) is 16.8. The lowest BCUT2D eigenvalue weighted by molar-refractivity contribution is -0.141. The molecule has 1 unspecified atom stereocenters. The summed E-state index contributed by atoms with van der Waals surface area (Å²) in [5, 5.41) is 11.2. The topological polar surface area (TPSA) is 95.9 Å². The van der Waals surface area contributed by atoms with E-state index in [0.717, 1.165) is 5.56 Å². The highest BCUT2D eigenvalue weighted by atomic mass is 16.5. The van der Waals surface area contributed by atoms with Crippen molar-refractivity contribution in [2.45, 2.75) is 45.8 Å². The van der Waals surface area contributed by atoms with Crippen molar-refractivity contribution in [2.75, 3.05) is 11.4 Å². The number of anilines is 1. The van der Waals surface area contributed by atoms with Gasteiger partial charge < -0.3 is 20.1 Å². The van der Waals surface area contributed by atoms with Gasteiger partial charge in [-0.1, -0.05) is 6.07 Å². The maximum absolute atomic E-state index is 12.6. The van der Waals surface area contributed by atoms with E-state index in [2.05, 4.69) is 5.32 Å². The van der Waals surface area contributed by atoms with Crippen LogP contribution in [0.15, 0.2) is 18.2 Å². The highest BCUT2D eigenvalue weighted by molar-refractivity contribution is 6.02. The van der Waals surface area contributed by atoms with Gasteiger partial charge in [0.15, 0.2) is 5.60 Å². The molecule has 2 rings (SSSR count). The third kappa shape index (κ3) is 3.67. The molecule has 2 N–H and O–H groups in total. The van der Waals surface area contributed by atoms with E-state index in [9.17, 15) is 14.4 Å². The van der Waals surface area contributed by atoms with Gasteiger partial charge in [0.25, 0.3) is 5.91 Å². The summed E-state index contributed by atoms with van der Waals surface area (Å²) in [5.74, 6) is -1.17. The molecule has 1 aromatic carbocycles. The Balaban J connectivity index is 2.16. The molecule has 7 heteroatoms. The second-order valence-corrected chi connectivity index (χ2v) is 6.42. The predicted molar refractivity (Wildman–Crippen MR) is 88.1 cm³/mol. The number of rotatable bonds is 5. The van der Waals surface area contributed by atoms with Crippen molar-refractivity contribution in [3.05, 3.63) is 23.8 Å². The van der Waals surface area contributed by atoms with Gasteiger partial charge >= 0.3 is 5.97 Å². The van der Waals surface area contributed by atoms with Crippen LogP contribution in [0.4, 0.5) is 5.69 Å². The van der Waals surface area contributed by atoms with E-state index < -0.39 is 23.5 Å². The molecule has 0 spiro atoms. The molecule has 0 bridgehead atoms. The minimum Gasteiger partial charge on any atom is -0.480 e. The Bertz CT molecular complexity index is 684. The minimum atomic E-state index is -1.10. The summed E-state index contributed by atoms with van der Waals surface area (Å²) in [5.41, 5.74) is 0.574. The van der Waals surface area contributed by atoms with Gasteiger partial charge in [-0.2, -0.15) is 0 Å². The van der Waals surface area contributed by atoms with Crippen molar-refractivity contribution in [1.82, 2.24) is 5.32 Å². The zero-order chi connectivity index (χ0) is 18.1. The number of carboxylic acid groups (broad SMARTS) is 1. The molecular formula is C17H22N2O5. The molecule has 0 fully saturated rings. The molecule has 24 heavy (non-hydrogen) atoms. The van der Waals surface area contributed by atoms with Crippen LogP contribution in [-0.4, -0.2) is 41.1 Å².